The van der Waals surface area contributed by atoms with Gasteiger partial charge in [-0.15, -0.1) is 5.10 Å². The van der Waals surface area contributed by atoms with Gasteiger partial charge in [0.2, 0.25) is 0 Å². The van der Waals surface area contributed by atoms with Crippen molar-refractivity contribution in [1.82, 2.24) is 25.5 Å². The quantitative estimate of drug-likeness (QED) is 0.859. The number of sulfone groups is 1. The lowest BCUT2D eigenvalue weighted by Gasteiger charge is -2.15. The molecule has 1 aromatic carbocycles. The normalized spacial score (nSPS) is 13.5. The van der Waals surface area contributed by atoms with Crippen LogP contribution in [0.4, 0.5) is 4.39 Å². The van der Waals surface area contributed by atoms with Gasteiger partial charge in [-0.05, 0) is 48.9 Å². The third kappa shape index (κ3) is 4.11. The summed E-state index contributed by atoms with van der Waals surface area (Å²) in [5, 5.41) is 14.7. The molecular weight excluding hydrogens is 321 g/mol. The molecule has 1 aromatic heterocycles. The van der Waals surface area contributed by atoms with Gasteiger partial charge < -0.3 is 5.32 Å². The Hall–Kier alpha value is -1.87. The van der Waals surface area contributed by atoms with Crippen LogP contribution in [0.25, 0.3) is 0 Å². The number of benzene rings is 1. The van der Waals surface area contributed by atoms with E-state index in [0.717, 1.165) is 6.26 Å². The fourth-order valence-electron chi connectivity index (χ4n) is 2.18. The molecular formula is C14H20FN5O2S. The fourth-order valence-corrected chi connectivity index (χ4v) is 2.91. The van der Waals surface area contributed by atoms with Crippen molar-refractivity contribution < 1.29 is 12.8 Å². The molecule has 2 rings (SSSR count). The molecule has 0 radical (unpaired) electrons. The molecule has 0 aliphatic heterocycles. The number of nitrogens with one attached hydrogen (secondary N) is 1. The minimum atomic E-state index is -3.56. The molecule has 9 heteroatoms. The molecule has 0 saturated carbocycles. The lowest BCUT2D eigenvalue weighted by atomic mass is 10.1. The molecule has 0 aliphatic carbocycles. The molecule has 0 bridgehead atoms. The lowest BCUT2D eigenvalue weighted by molar-refractivity contribution is 0.467. The first-order valence-electron chi connectivity index (χ1n) is 7.19. The van der Waals surface area contributed by atoms with Gasteiger partial charge in [0.15, 0.2) is 15.7 Å². The molecule has 2 aromatic rings. The fraction of sp³-hybridized carbons (Fsp3) is 0.500. The molecule has 0 saturated heterocycles. The molecule has 0 unspecified atom stereocenters. The molecule has 0 spiro atoms. The molecule has 7 nitrogen and oxygen atoms in total. The van der Waals surface area contributed by atoms with Crippen molar-refractivity contribution in [3.63, 3.8) is 0 Å². The van der Waals surface area contributed by atoms with Crippen molar-refractivity contribution in [2.45, 2.75) is 44.3 Å². The first-order valence-corrected chi connectivity index (χ1v) is 9.09. The number of hydrogen-bond acceptors (Lipinski definition) is 6. The van der Waals surface area contributed by atoms with Crippen molar-refractivity contribution in [1.29, 1.82) is 0 Å². The largest absolute Gasteiger partial charge is 0.303 e. The minimum absolute atomic E-state index is 0.142. The third-order valence-corrected chi connectivity index (χ3v) is 4.60. The highest BCUT2D eigenvalue weighted by atomic mass is 32.2. The van der Waals surface area contributed by atoms with Crippen LogP contribution in [0.1, 0.15) is 44.2 Å². The summed E-state index contributed by atoms with van der Waals surface area (Å²) in [6, 6.07) is 4.08. The summed E-state index contributed by atoms with van der Waals surface area (Å²) >= 11 is 0. The lowest BCUT2D eigenvalue weighted by Crippen LogP contribution is -2.22. The monoisotopic (exact) mass is 341 g/mol. The topological polar surface area (TPSA) is 89.8 Å². The van der Waals surface area contributed by atoms with Gasteiger partial charge in [-0.3, -0.25) is 0 Å². The zero-order chi connectivity index (χ0) is 17.2. The van der Waals surface area contributed by atoms with E-state index < -0.39 is 15.7 Å². The highest BCUT2D eigenvalue weighted by Crippen LogP contribution is 2.20. The Morgan fingerprint density at radius 2 is 2.00 bits per heavy atom. The molecule has 0 aliphatic rings. The Morgan fingerprint density at radius 3 is 2.57 bits per heavy atom. The third-order valence-electron chi connectivity index (χ3n) is 3.47. The van der Waals surface area contributed by atoms with Crippen LogP contribution in [-0.4, -0.2) is 34.9 Å². The van der Waals surface area contributed by atoms with Crippen LogP contribution >= 0.6 is 0 Å². The van der Waals surface area contributed by atoms with Crippen molar-refractivity contribution in [3.8, 4) is 0 Å². The first-order chi connectivity index (χ1) is 10.7. The van der Waals surface area contributed by atoms with E-state index >= 15 is 0 Å². The highest BCUT2D eigenvalue weighted by molar-refractivity contribution is 7.90. The summed E-state index contributed by atoms with van der Waals surface area (Å²) in [6.07, 6.45) is 0.985. The molecule has 1 N–H and O–H groups in total. The Morgan fingerprint density at radius 1 is 1.30 bits per heavy atom. The van der Waals surface area contributed by atoms with Gasteiger partial charge in [-0.25, -0.2) is 17.5 Å². The maximum Gasteiger partial charge on any atom is 0.178 e. The van der Waals surface area contributed by atoms with Crippen LogP contribution in [0.15, 0.2) is 23.1 Å². The van der Waals surface area contributed by atoms with Gasteiger partial charge in [0.25, 0.3) is 0 Å². The molecule has 1 atom stereocenters. The Labute approximate surface area is 134 Å². The maximum atomic E-state index is 13.9. The van der Waals surface area contributed by atoms with Gasteiger partial charge in [0.1, 0.15) is 10.7 Å². The summed E-state index contributed by atoms with van der Waals surface area (Å²) < 4.78 is 38.5. The van der Waals surface area contributed by atoms with Crippen LogP contribution in [0.2, 0.25) is 0 Å². The standard InChI is InChI=1S/C14H20FN5O2S/c1-9(2)20-14(17-18-19-20)8-16-10(3)11-5-6-13(12(15)7-11)23(4,21)22/h5-7,9-10,16H,8H2,1-4H3/t10-/m0/s1. The SMILES string of the molecule is CC(C)n1nnnc1CN[C@@H](C)c1ccc(S(C)(=O)=O)c(F)c1. The number of rotatable bonds is 6. The average Bonchev–Trinajstić information content (AvgIpc) is 2.91. The zero-order valence-corrected chi connectivity index (χ0v) is 14.3. The molecule has 23 heavy (non-hydrogen) atoms. The second kappa shape index (κ2) is 6.71. The van der Waals surface area contributed by atoms with Gasteiger partial charge in [0.05, 0.1) is 12.6 Å². The second-order valence-corrected chi connectivity index (χ2v) is 7.68. The minimum Gasteiger partial charge on any atom is -0.303 e. The number of halogens is 1. The van der Waals surface area contributed by atoms with E-state index in [2.05, 4.69) is 20.8 Å². The summed E-state index contributed by atoms with van der Waals surface area (Å²) in [4.78, 5) is -0.294. The number of hydrogen-bond donors (Lipinski definition) is 1. The van der Waals surface area contributed by atoms with E-state index in [-0.39, 0.29) is 17.0 Å². The average molecular weight is 341 g/mol. The van der Waals surface area contributed by atoms with E-state index in [1.54, 1.807) is 10.7 Å². The molecule has 1 heterocycles. The zero-order valence-electron chi connectivity index (χ0n) is 13.5. The predicted octanol–water partition coefficient (Wildman–Crippen LogP) is 1.65. The first kappa shape index (κ1) is 17.5. The highest BCUT2D eigenvalue weighted by Gasteiger charge is 2.16. The number of tetrazole rings is 1. The Balaban J connectivity index is 2.11. The van der Waals surface area contributed by atoms with E-state index in [0.29, 0.717) is 17.9 Å². The Kier molecular flexibility index (Phi) is 5.10. The van der Waals surface area contributed by atoms with Gasteiger partial charge in [0, 0.05) is 12.3 Å². The van der Waals surface area contributed by atoms with E-state index in [1.807, 2.05) is 20.8 Å². The van der Waals surface area contributed by atoms with Crippen LogP contribution in [0.3, 0.4) is 0 Å². The predicted molar refractivity (Wildman–Crippen MR) is 83.0 cm³/mol. The van der Waals surface area contributed by atoms with Gasteiger partial charge >= 0.3 is 0 Å². The van der Waals surface area contributed by atoms with Crippen LogP contribution < -0.4 is 5.32 Å². The van der Waals surface area contributed by atoms with Crippen molar-refractivity contribution in [2.24, 2.45) is 0 Å². The van der Waals surface area contributed by atoms with Crippen molar-refractivity contribution in [3.05, 3.63) is 35.4 Å². The molecule has 0 fully saturated rings. The summed E-state index contributed by atoms with van der Waals surface area (Å²) in [5.74, 6) is -0.0641. The smallest absolute Gasteiger partial charge is 0.178 e. The summed E-state index contributed by atoms with van der Waals surface area (Å²) in [6.45, 7) is 6.23. The Bertz CT molecular complexity index is 788. The van der Waals surface area contributed by atoms with Crippen LogP contribution in [-0.2, 0) is 16.4 Å². The van der Waals surface area contributed by atoms with Crippen molar-refractivity contribution >= 4 is 9.84 Å². The second-order valence-electron chi connectivity index (χ2n) is 5.70. The summed E-state index contributed by atoms with van der Waals surface area (Å²) in [5.41, 5.74) is 0.651. The molecule has 126 valence electrons. The van der Waals surface area contributed by atoms with E-state index in [9.17, 15) is 12.8 Å². The maximum absolute atomic E-state index is 13.9. The van der Waals surface area contributed by atoms with Gasteiger partial charge in [-0.2, -0.15) is 0 Å². The van der Waals surface area contributed by atoms with E-state index in [4.69, 9.17) is 0 Å². The molecule has 0 amide bonds. The van der Waals surface area contributed by atoms with Crippen LogP contribution in [0, 0.1) is 5.82 Å². The van der Waals surface area contributed by atoms with Crippen LogP contribution in [0.5, 0.6) is 0 Å². The van der Waals surface area contributed by atoms with Crippen molar-refractivity contribution in [2.75, 3.05) is 6.26 Å². The summed E-state index contributed by atoms with van der Waals surface area (Å²) in [7, 11) is -3.56. The number of aromatic nitrogens is 4. The van der Waals surface area contributed by atoms with Gasteiger partial charge in [-0.1, -0.05) is 6.07 Å². The van der Waals surface area contributed by atoms with E-state index in [1.165, 1.54) is 12.1 Å². The number of nitrogens with zero attached hydrogens (tertiary/aromatic N) is 4.